The van der Waals surface area contributed by atoms with Gasteiger partial charge < -0.3 is 15.3 Å². The Morgan fingerprint density at radius 3 is 2.06 bits per heavy atom. The Hall–Kier alpha value is -3.28. The fourth-order valence-corrected chi connectivity index (χ4v) is 4.27. The molecule has 0 aliphatic heterocycles. The van der Waals surface area contributed by atoms with Crippen molar-refractivity contribution < 1.29 is 14.7 Å². The van der Waals surface area contributed by atoms with Gasteiger partial charge in [-0.15, -0.1) is 4.73 Å². The summed E-state index contributed by atoms with van der Waals surface area (Å²) in [5, 5.41) is 14.5. The van der Waals surface area contributed by atoms with Gasteiger partial charge >= 0.3 is 0 Å². The first kappa shape index (κ1) is 26.3. The number of carbonyl (C=O) groups excluding carboxylic acids is 1. The van der Waals surface area contributed by atoms with Crippen LogP contribution in [-0.2, 0) is 6.61 Å². The second-order valence-corrected chi connectivity index (χ2v) is 9.04. The summed E-state index contributed by atoms with van der Waals surface area (Å²) < 4.78 is 0.824. The summed E-state index contributed by atoms with van der Waals surface area (Å²) in [5.41, 5.74) is 0.402. The number of rotatable bonds is 15. The molecule has 2 aromatic carbocycles. The smallest absolute Gasteiger partial charge is 0.294 e. The van der Waals surface area contributed by atoms with Gasteiger partial charge in [-0.1, -0.05) is 113 Å². The van der Waals surface area contributed by atoms with E-state index in [0.29, 0.717) is 17.3 Å². The van der Waals surface area contributed by atoms with Gasteiger partial charge in [0.25, 0.3) is 11.5 Å². The lowest BCUT2D eigenvalue weighted by Gasteiger charge is -2.16. The second kappa shape index (κ2) is 14.2. The van der Waals surface area contributed by atoms with E-state index in [1.165, 1.54) is 44.9 Å². The van der Waals surface area contributed by atoms with Crippen molar-refractivity contribution in [3.63, 3.8) is 0 Å². The Morgan fingerprint density at radius 1 is 0.829 bits per heavy atom. The third-order valence-electron chi connectivity index (χ3n) is 6.27. The first-order chi connectivity index (χ1) is 17.1. The summed E-state index contributed by atoms with van der Waals surface area (Å²) in [6.45, 7) is 2.85. The van der Waals surface area contributed by atoms with Crippen molar-refractivity contribution in [2.24, 2.45) is 0 Å². The molecule has 0 saturated carbocycles. The molecule has 35 heavy (non-hydrogen) atoms. The lowest BCUT2D eigenvalue weighted by atomic mass is 10.1. The van der Waals surface area contributed by atoms with E-state index in [9.17, 15) is 14.7 Å². The molecule has 0 aliphatic carbocycles. The van der Waals surface area contributed by atoms with Gasteiger partial charge in [0, 0.05) is 11.9 Å². The lowest BCUT2D eigenvalue weighted by molar-refractivity contribution is 0.0699. The number of aromatic hydroxyl groups is 1. The van der Waals surface area contributed by atoms with Crippen LogP contribution in [0.1, 0.15) is 87.1 Å². The van der Waals surface area contributed by atoms with Crippen molar-refractivity contribution in [3.05, 3.63) is 76.1 Å². The van der Waals surface area contributed by atoms with Gasteiger partial charge in [0.2, 0.25) is 5.88 Å². The molecule has 0 bridgehead atoms. The highest BCUT2D eigenvalue weighted by Gasteiger charge is 2.22. The topological polar surface area (TPSA) is 80.6 Å². The van der Waals surface area contributed by atoms with Gasteiger partial charge in [-0.25, -0.2) is 0 Å². The Bertz CT molecular complexity index is 1120. The molecule has 0 spiro atoms. The molecular formula is C29H38N2O4. The van der Waals surface area contributed by atoms with Gasteiger partial charge in [0.1, 0.15) is 12.2 Å². The normalized spacial score (nSPS) is 11.0. The maximum absolute atomic E-state index is 13.0. The predicted molar refractivity (Wildman–Crippen MR) is 141 cm³/mol. The molecule has 6 heteroatoms. The van der Waals surface area contributed by atoms with E-state index in [1.807, 2.05) is 30.3 Å². The first-order valence-electron chi connectivity index (χ1n) is 13.0. The molecule has 6 nitrogen and oxygen atoms in total. The van der Waals surface area contributed by atoms with Crippen LogP contribution in [-0.4, -0.2) is 22.3 Å². The summed E-state index contributed by atoms with van der Waals surface area (Å²) >= 11 is 0. The van der Waals surface area contributed by atoms with Crippen molar-refractivity contribution in [2.75, 3.05) is 6.54 Å². The van der Waals surface area contributed by atoms with Crippen LogP contribution in [0, 0.1) is 0 Å². The third kappa shape index (κ3) is 7.61. The highest BCUT2D eigenvalue weighted by molar-refractivity contribution is 6.08. The van der Waals surface area contributed by atoms with E-state index in [2.05, 4.69) is 12.2 Å². The molecule has 3 aromatic rings. The van der Waals surface area contributed by atoms with E-state index < -0.39 is 17.3 Å². The van der Waals surface area contributed by atoms with Gasteiger partial charge in [-0.2, -0.15) is 0 Å². The Balaban J connectivity index is 1.58. The highest BCUT2D eigenvalue weighted by atomic mass is 16.7. The number of benzene rings is 2. The van der Waals surface area contributed by atoms with Gasteiger partial charge in [-0.05, 0) is 18.1 Å². The number of nitrogens with one attached hydrogen (secondary N) is 1. The van der Waals surface area contributed by atoms with Crippen LogP contribution < -0.4 is 15.7 Å². The number of nitrogens with zero attached hydrogens (tertiary/aromatic N) is 1. The Kier molecular flexibility index (Phi) is 10.7. The SMILES string of the molecule is CCCCCCCCCCCCNC(=O)c1c(O)n(OCc2ccccc2)c(=O)c2ccccc12. The number of pyridine rings is 1. The molecule has 0 radical (unpaired) electrons. The zero-order chi connectivity index (χ0) is 24.9. The van der Waals surface area contributed by atoms with E-state index in [4.69, 9.17) is 4.84 Å². The number of hydrogen-bond acceptors (Lipinski definition) is 4. The Labute approximate surface area is 207 Å². The average molecular weight is 479 g/mol. The van der Waals surface area contributed by atoms with Crippen molar-refractivity contribution in [3.8, 4) is 5.88 Å². The summed E-state index contributed by atoms with van der Waals surface area (Å²) in [4.78, 5) is 31.6. The van der Waals surface area contributed by atoms with Gasteiger partial charge in [-0.3, -0.25) is 9.59 Å². The molecule has 0 saturated heterocycles. The van der Waals surface area contributed by atoms with E-state index in [0.717, 1.165) is 29.6 Å². The second-order valence-electron chi connectivity index (χ2n) is 9.04. The summed E-state index contributed by atoms with van der Waals surface area (Å²) in [7, 11) is 0. The van der Waals surface area contributed by atoms with Crippen LogP contribution in [0.15, 0.2) is 59.4 Å². The summed E-state index contributed by atoms with van der Waals surface area (Å²) in [6, 6.07) is 16.1. The lowest BCUT2D eigenvalue weighted by Crippen LogP contribution is -2.31. The number of unbranched alkanes of at least 4 members (excludes halogenated alkanes) is 9. The molecular weight excluding hydrogens is 440 g/mol. The third-order valence-corrected chi connectivity index (χ3v) is 6.27. The zero-order valence-electron chi connectivity index (χ0n) is 20.8. The number of fused-ring (bicyclic) bond motifs is 1. The predicted octanol–water partition coefficient (Wildman–Crippen LogP) is 5.99. The van der Waals surface area contributed by atoms with Crippen LogP contribution in [0.4, 0.5) is 0 Å². The molecule has 0 unspecified atom stereocenters. The molecule has 3 rings (SSSR count). The number of hydrogen-bond donors (Lipinski definition) is 2. The molecule has 1 aromatic heterocycles. The number of amides is 1. The first-order valence-corrected chi connectivity index (χ1v) is 13.0. The van der Waals surface area contributed by atoms with Crippen LogP contribution in [0.25, 0.3) is 10.8 Å². The van der Waals surface area contributed by atoms with Crippen LogP contribution in [0.3, 0.4) is 0 Å². The van der Waals surface area contributed by atoms with Crippen LogP contribution in [0.5, 0.6) is 5.88 Å². The van der Waals surface area contributed by atoms with E-state index in [-0.39, 0.29) is 12.2 Å². The minimum Gasteiger partial charge on any atom is -0.492 e. The molecule has 1 amide bonds. The molecule has 0 aliphatic rings. The highest BCUT2D eigenvalue weighted by Crippen LogP contribution is 2.24. The summed E-state index contributed by atoms with van der Waals surface area (Å²) in [6.07, 6.45) is 12.2. The average Bonchev–Trinajstić information content (AvgIpc) is 2.88. The molecule has 0 fully saturated rings. The maximum atomic E-state index is 13.0. The molecule has 1 heterocycles. The van der Waals surface area contributed by atoms with E-state index in [1.54, 1.807) is 24.3 Å². The van der Waals surface area contributed by atoms with Crippen LogP contribution >= 0.6 is 0 Å². The quantitative estimate of drug-likeness (QED) is 0.263. The molecule has 188 valence electrons. The fourth-order valence-electron chi connectivity index (χ4n) is 4.27. The van der Waals surface area contributed by atoms with Crippen molar-refractivity contribution in [1.29, 1.82) is 0 Å². The summed E-state index contributed by atoms with van der Waals surface area (Å²) in [5.74, 6) is -0.892. The monoisotopic (exact) mass is 478 g/mol. The van der Waals surface area contributed by atoms with Gasteiger partial charge in [0.15, 0.2) is 0 Å². The standard InChI is InChI=1S/C29H38N2O4/c1-2-3-4-5-6-7-8-9-10-16-21-30-27(32)26-24-19-14-15-20-25(24)28(33)31(29(26)34)35-22-23-17-12-11-13-18-23/h11-15,17-20,34H,2-10,16,21-22H2,1H3,(H,30,32). The minimum absolute atomic E-state index is 0.0559. The largest absolute Gasteiger partial charge is 0.492 e. The van der Waals surface area contributed by atoms with Crippen molar-refractivity contribution >= 4 is 16.7 Å². The van der Waals surface area contributed by atoms with E-state index >= 15 is 0 Å². The van der Waals surface area contributed by atoms with Crippen molar-refractivity contribution in [1.82, 2.24) is 10.0 Å². The zero-order valence-corrected chi connectivity index (χ0v) is 20.8. The molecule has 0 atom stereocenters. The Morgan fingerprint density at radius 2 is 1.40 bits per heavy atom. The molecule has 2 N–H and O–H groups in total. The number of aromatic nitrogens is 1. The van der Waals surface area contributed by atoms with Crippen LogP contribution in [0.2, 0.25) is 0 Å². The minimum atomic E-state index is -0.500. The maximum Gasteiger partial charge on any atom is 0.294 e. The number of carbonyl (C=O) groups is 1. The van der Waals surface area contributed by atoms with Gasteiger partial charge in [0.05, 0.1) is 5.39 Å². The van der Waals surface area contributed by atoms with Crippen molar-refractivity contribution in [2.45, 2.75) is 77.7 Å². The fraction of sp³-hybridized carbons (Fsp3) is 0.448.